The summed E-state index contributed by atoms with van der Waals surface area (Å²) in [5.41, 5.74) is 1.82. The molecule has 0 bridgehead atoms. The second-order valence-electron chi connectivity index (χ2n) is 6.91. The van der Waals surface area contributed by atoms with Crippen molar-refractivity contribution in [2.45, 2.75) is 45.8 Å². The fourth-order valence-corrected chi connectivity index (χ4v) is 2.37. The van der Waals surface area contributed by atoms with Gasteiger partial charge in [0.05, 0.1) is 0 Å². The molecule has 1 amide bonds. The van der Waals surface area contributed by atoms with Crippen molar-refractivity contribution in [3.8, 4) is 5.75 Å². The number of para-hydroxylation sites is 1. The van der Waals surface area contributed by atoms with Crippen LogP contribution in [0.3, 0.4) is 0 Å². The molecule has 134 valence electrons. The molecule has 0 aliphatic carbocycles. The lowest BCUT2D eigenvalue weighted by atomic mass is 10.1. The van der Waals surface area contributed by atoms with Crippen LogP contribution in [0.2, 0.25) is 0 Å². The van der Waals surface area contributed by atoms with Gasteiger partial charge < -0.3 is 14.8 Å². The summed E-state index contributed by atoms with van der Waals surface area (Å²) >= 11 is 0. The van der Waals surface area contributed by atoms with Gasteiger partial charge in [-0.3, -0.25) is 0 Å². The second kappa shape index (κ2) is 9.11. The van der Waals surface area contributed by atoms with Crippen molar-refractivity contribution in [1.29, 1.82) is 0 Å². The Morgan fingerprint density at radius 1 is 1.00 bits per heavy atom. The Labute approximate surface area is 150 Å². The first-order chi connectivity index (χ1) is 11.9. The van der Waals surface area contributed by atoms with Gasteiger partial charge in [0.1, 0.15) is 18.0 Å². The fraction of sp³-hybridized carbons (Fsp3) is 0.381. The van der Waals surface area contributed by atoms with Crippen molar-refractivity contribution in [3.05, 3.63) is 65.7 Å². The van der Waals surface area contributed by atoms with Gasteiger partial charge in [-0.2, -0.15) is 0 Å². The number of ether oxygens (including phenoxy) is 2. The van der Waals surface area contributed by atoms with Crippen LogP contribution in [0.5, 0.6) is 5.75 Å². The maximum Gasteiger partial charge on any atom is 0.407 e. The first-order valence-corrected chi connectivity index (χ1v) is 8.65. The summed E-state index contributed by atoms with van der Waals surface area (Å²) in [6, 6.07) is 18.1. The first-order valence-electron chi connectivity index (χ1n) is 8.65. The van der Waals surface area contributed by atoms with E-state index in [-0.39, 0.29) is 6.09 Å². The number of carbonyl (C=O) groups is 1. The monoisotopic (exact) mass is 341 g/mol. The number of aryl methyl sites for hydroxylation is 1. The zero-order valence-electron chi connectivity index (χ0n) is 15.2. The average molecular weight is 341 g/mol. The van der Waals surface area contributed by atoms with Gasteiger partial charge in [0.2, 0.25) is 0 Å². The van der Waals surface area contributed by atoms with E-state index in [9.17, 15) is 4.79 Å². The third-order valence-corrected chi connectivity index (χ3v) is 3.50. The molecule has 4 nitrogen and oxygen atoms in total. The molecule has 2 aromatic rings. The number of amides is 1. The summed E-state index contributed by atoms with van der Waals surface area (Å²) in [6.07, 6.45) is 1.28. The van der Waals surface area contributed by atoms with Gasteiger partial charge >= 0.3 is 6.09 Å². The normalized spacial score (nSPS) is 11.0. The van der Waals surface area contributed by atoms with E-state index in [4.69, 9.17) is 9.47 Å². The van der Waals surface area contributed by atoms with E-state index in [0.29, 0.717) is 13.2 Å². The molecular weight excluding hydrogens is 314 g/mol. The van der Waals surface area contributed by atoms with Crippen molar-refractivity contribution in [2.75, 3.05) is 6.54 Å². The minimum absolute atomic E-state index is 0.374. The van der Waals surface area contributed by atoms with Crippen LogP contribution in [0.25, 0.3) is 0 Å². The molecule has 25 heavy (non-hydrogen) atoms. The van der Waals surface area contributed by atoms with Gasteiger partial charge in [0, 0.05) is 6.54 Å². The van der Waals surface area contributed by atoms with Crippen LogP contribution in [0.15, 0.2) is 54.6 Å². The van der Waals surface area contributed by atoms with Crippen LogP contribution in [-0.2, 0) is 17.8 Å². The lowest BCUT2D eigenvalue weighted by Crippen LogP contribution is -2.33. The molecular formula is C21H27NO3. The van der Waals surface area contributed by atoms with Crippen molar-refractivity contribution < 1.29 is 14.3 Å². The second-order valence-corrected chi connectivity index (χ2v) is 6.91. The van der Waals surface area contributed by atoms with Crippen molar-refractivity contribution in [3.63, 3.8) is 0 Å². The highest BCUT2D eigenvalue weighted by molar-refractivity contribution is 5.67. The molecule has 0 atom stereocenters. The van der Waals surface area contributed by atoms with Crippen molar-refractivity contribution in [2.24, 2.45) is 0 Å². The number of hydrogen-bond donors (Lipinski definition) is 1. The molecule has 0 spiro atoms. The Morgan fingerprint density at radius 2 is 1.68 bits per heavy atom. The number of carbonyl (C=O) groups excluding carboxylic acids is 1. The Morgan fingerprint density at radius 3 is 2.40 bits per heavy atom. The highest BCUT2D eigenvalue weighted by atomic mass is 16.6. The minimum Gasteiger partial charge on any atom is -0.489 e. The van der Waals surface area contributed by atoms with Gasteiger partial charge in [-0.1, -0.05) is 48.5 Å². The molecule has 0 saturated carbocycles. The molecule has 2 aromatic carbocycles. The zero-order chi connectivity index (χ0) is 18.1. The van der Waals surface area contributed by atoms with Crippen molar-refractivity contribution >= 4 is 6.09 Å². The Bertz CT molecular complexity index is 662. The van der Waals surface area contributed by atoms with E-state index in [1.165, 1.54) is 0 Å². The topological polar surface area (TPSA) is 47.6 Å². The number of benzene rings is 2. The van der Waals surface area contributed by atoms with Crippen LogP contribution in [0.1, 0.15) is 38.3 Å². The summed E-state index contributed by atoms with van der Waals surface area (Å²) in [4.78, 5) is 11.6. The smallest absolute Gasteiger partial charge is 0.407 e. The third kappa shape index (κ3) is 7.29. The van der Waals surface area contributed by atoms with Crippen LogP contribution >= 0.6 is 0 Å². The largest absolute Gasteiger partial charge is 0.489 e. The molecule has 0 heterocycles. The molecule has 1 N–H and O–H groups in total. The van der Waals surface area contributed by atoms with E-state index in [1.54, 1.807) is 0 Å². The molecule has 0 saturated heterocycles. The maximum atomic E-state index is 11.6. The highest BCUT2D eigenvalue weighted by Gasteiger charge is 2.15. The van der Waals surface area contributed by atoms with Crippen LogP contribution < -0.4 is 10.1 Å². The van der Waals surface area contributed by atoms with Crippen LogP contribution in [-0.4, -0.2) is 18.2 Å². The summed E-state index contributed by atoms with van der Waals surface area (Å²) in [5, 5.41) is 2.78. The van der Waals surface area contributed by atoms with E-state index in [1.807, 2.05) is 69.3 Å². The average Bonchev–Trinajstić information content (AvgIpc) is 2.57. The fourth-order valence-electron chi connectivity index (χ4n) is 2.37. The van der Waals surface area contributed by atoms with Crippen molar-refractivity contribution in [1.82, 2.24) is 5.32 Å². The standard InChI is InChI=1S/C21H27NO3/c1-21(2,3)25-20(23)22-15-9-13-18-12-7-8-14-19(18)24-16-17-10-5-4-6-11-17/h4-8,10-12,14H,9,13,15-16H2,1-3H3,(H,22,23). The third-order valence-electron chi connectivity index (χ3n) is 3.50. The van der Waals surface area contributed by atoms with E-state index < -0.39 is 5.60 Å². The molecule has 0 unspecified atom stereocenters. The molecule has 0 radical (unpaired) electrons. The predicted octanol–water partition coefficient (Wildman–Crippen LogP) is 4.72. The lowest BCUT2D eigenvalue weighted by Gasteiger charge is -2.19. The highest BCUT2D eigenvalue weighted by Crippen LogP contribution is 2.20. The molecule has 0 fully saturated rings. The van der Waals surface area contributed by atoms with Crippen LogP contribution in [0.4, 0.5) is 4.79 Å². The lowest BCUT2D eigenvalue weighted by molar-refractivity contribution is 0.0527. The molecule has 0 aliphatic heterocycles. The molecule has 2 rings (SSSR count). The minimum atomic E-state index is -0.470. The predicted molar refractivity (Wildman–Crippen MR) is 99.8 cm³/mol. The molecule has 0 aromatic heterocycles. The summed E-state index contributed by atoms with van der Waals surface area (Å²) in [5.74, 6) is 0.892. The quantitative estimate of drug-likeness (QED) is 0.741. The van der Waals surface area contributed by atoms with E-state index >= 15 is 0 Å². The molecule has 4 heteroatoms. The summed E-state index contributed by atoms with van der Waals surface area (Å²) in [6.45, 7) is 6.68. The van der Waals surface area contributed by atoms with Gasteiger partial charge in [-0.15, -0.1) is 0 Å². The van der Waals surface area contributed by atoms with Gasteiger partial charge in [0.15, 0.2) is 0 Å². The number of hydrogen-bond acceptors (Lipinski definition) is 3. The number of alkyl carbamates (subject to hydrolysis) is 1. The summed E-state index contributed by atoms with van der Waals surface area (Å²) in [7, 11) is 0. The SMILES string of the molecule is CC(C)(C)OC(=O)NCCCc1ccccc1OCc1ccccc1. The summed E-state index contributed by atoms with van der Waals surface area (Å²) < 4.78 is 11.2. The number of nitrogens with one attached hydrogen (secondary N) is 1. The Kier molecular flexibility index (Phi) is 6.87. The molecule has 0 aliphatic rings. The van der Waals surface area contributed by atoms with E-state index in [2.05, 4.69) is 11.4 Å². The van der Waals surface area contributed by atoms with E-state index in [0.717, 1.165) is 29.7 Å². The Balaban J connectivity index is 1.79. The van der Waals surface area contributed by atoms with Gasteiger partial charge in [-0.05, 0) is 50.8 Å². The van der Waals surface area contributed by atoms with Gasteiger partial charge in [0.25, 0.3) is 0 Å². The zero-order valence-corrected chi connectivity index (χ0v) is 15.2. The Hall–Kier alpha value is -2.49. The first kappa shape index (κ1) is 18.8. The van der Waals surface area contributed by atoms with Gasteiger partial charge in [-0.25, -0.2) is 4.79 Å². The maximum absolute atomic E-state index is 11.6. The van der Waals surface area contributed by atoms with Crippen LogP contribution in [0, 0.1) is 0 Å². The number of rotatable bonds is 7.